The Bertz CT molecular complexity index is 686. The van der Waals surface area contributed by atoms with Gasteiger partial charge in [-0.05, 0) is 12.1 Å². The summed E-state index contributed by atoms with van der Waals surface area (Å²) < 4.78 is 26.4. The van der Waals surface area contributed by atoms with Crippen molar-refractivity contribution in [1.29, 1.82) is 0 Å². The number of hydrogen-bond acceptors (Lipinski definition) is 6. The number of sulfonamides is 1. The highest BCUT2D eigenvalue weighted by Crippen LogP contribution is 2.13. The Morgan fingerprint density at radius 1 is 1.21 bits per heavy atom. The molecule has 3 N–H and O–H groups in total. The Balaban J connectivity index is 2.27. The fourth-order valence-electron chi connectivity index (χ4n) is 1.25. The fraction of sp³-hybridized carbons (Fsp3) is 0. The van der Waals surface area contributed by atoms with Crippen molar-refractivity contribution < 1.29 is 8.42 Å². The summed E-state index contributed by atoms with van der Waals surface area (Å²) >= 11 is 4.74. The molecule has 2 rings (SSSR count). The van der Waals surface area contributed by atoms with Crippen LogP contribution in [0.1, 0.15) is 5.69 Å². The third-order valence-corrected chi connectivity index (χ3v) is 3.69. The molecular formula is C10H9N5O2S2. The molecule has 19 heavy (non-hydrogen) atoms. The molecule has 9 heteroatoms. The van der Waals surface area contributed by atoms with Gasteiger partial charge in [0.2, 0.25) is 0 Å². The van der Waals surface area contributed by atoms with Crippen LogP contribution in [0.5, 0.6) is 0 Å². The second-order valence-electron chi connectivity index (χ2n) is 3.48. The molecule has 0 radical (unpaired) electrons. The Labute approximate surface area is 115 Å². The topological polar surface area (TPSA) is 111 Å². The molecule has 0 bridgehead atoms. The molecule has 0 spiro atoms. The molecule has 0 aliphatic carbocycles. The molecule has 2 aromatic rings. The Kier molecular flexibility index (Phi) is 3.67. The molecule has 0 saturated heterocycles. The molecule has 0 unspecified atom stereocenters. The molecular weight excluding hydrogens is 286 g/mol. The van der Waals surface area contributed by atoms with Crippen molar-refractivity contribution in [3.8, 4) is 0 Å². The van der Waals surface area contributed by atoms with E-state index in [0.717, 1.165) is 0 Å². The number of rotatable bonds is 4. The Hall–Kier alpha value is -2.13. The van der Waals surface area contributed by atoms with E-state index in [1.807, 2.05) is 0 Å². The van der Waals surface area contributed by atoms with E-state index in [0.29, 0.717) is 5.69 Å². The zero-order valence-corrected chi connectivity index (χ0v) is 11.1. The van der Waals surface area contributed by atoms with Crippen LogP contribution in [0, 0.1) is 0 Å². The van der Waals surface area contributed by atoms with E-state index in [-0.39, 0.29) is 15.6 Å². The highest BCUT2D eigenvalue weighted by molar-refractivity contribution is 7.92. The first-order valence-electron chi connectivity index (χ1n) is 5.03. The number of hydrogen-bond donors (Lipinski definition) is 2. The summed E-state index contributed by atoms with van der Waals surface area (Å²) in [6.07, 6.45) is 5.18. The highest BCUT2D eigenvalue weighted by atomic mass is 32.2. The minimum Gasteiger partial charge on any atom is -0.388 e. The van der Waals surface area contributed by atoms with Gasteiger partial charge in [0.25, 0.3) is 10.0 Å². The summed E-state index contributed by atoms with van der Waals surface area (Å²) in [5.74, 6) is 0. The van der Waals surface area contributed by atoms with Crippen LogP contribution in [-0.2, 0) is 10.0 Å². The van der Waals surface area contributed by atoms with Crippen molar-refractivity contribution in [3.63, 3.8) is 0 Å². The lowest BCUT2D eigenvalue weighted by Gasteiger charge is -2.07. The monoisotopic (exact) mass is 295 g/mol. The van der Waals surface area contributed by atoms with E-state index in [2.05, 4.69) is 19.7 Å². The van der Waals surface area contributed by atoms with Crippen LogP contribution < -0.4 is 10.5 Å². The smallest absolute Gasteiger partial charge is 0.263 e. The molecule has 7 nitrogen and oxygen atoms in total. The van der Waals surface area contributed by atoms with Gasteiger partial charge in [-0.2, -0.15) is 0 Å². The SMILES string of the molecule is NC(=S)c1ccc(S(=O)(=O)Nc2cncnc2)cn1. The van der Waals surface area contributed by atoms with Crippen LogP contribution in [0.15, 0.2) is 41.9 Å². The number of nitrogens with zero attached hydrogens (tertiary/aromatic N) is 3. The van der Waals surface area contributed by atoms with E-state index in [1.165, 1.54) is 37.1 Å². The summed E-state index contributed by atoms with van der Waals surface area (Å²) in [5.41, 5.74) is 6.01. The van der Waals surface area contributed by atoms with Crippen LogP contribution in [0.4, 0.5) is 5.69 Å². The van der Waals surface area contributed by atoms with Gasteiger partial charge in [0.1, 0.15) is 16.2 Å². The van der Waals surface area contributed by atoms with Gasteiger partial charge in [-0.15, -0.1) is 0 Å². The number of nitrogens with two attached hydrogens (primary N) is 1. The molecule has 0 saturated carbocycles. The first-order valence-corrected chi connectivity index (χ1v) is 6.92. The van der Waals surface area contributed by atoms with Crippen LogP contribution in [-0.4, -0.2) is 28.4 Å². The minimum absolute atomic E-state index is 0.00338. The van der Waals surface area contributed by atoms with Crippen molar-refractivity contribution in [2.24, 2.45) is 5.73 Å². The normalized spacial score (nSPS) is 10.9. The molecule has 98 valence electrons. The quantitative estimate of drug-likeness (QED) is 0.781. The van der Waals surface area contributed by atoms with Crippen LogP contribution in [0.25, 0.3) is 0 Å². The second-order valence-corrected chi connectivity index (χ2v) is 5.60. The third-order valence-electron chi connectivity index (χ3n) is 2.11. The average Bonchev–Trinajstić information content (AvgIpc) is 2.39. The molecule has 0 amide bonds. The van der Waals surface area contributed by atoms with Gasteiger partial charge in [-0.3, -0.25) is 9.71 Å². The van der Waals surface area contributed by atoms with Gasteiger partial charge >= 0.3 is 0 Å². The van der Waals surface area contributed by atoms with Crippen LogP contribution in [0.3, 0.4) is 0 Å². The Morgan fingerprint density at radius 2 is 1.89 bits per heavy atom. The summed E-state index contributed by atoms with van der Waals surface area (Å²) in [6.45, 7) is 0. The molecule has 0 atom stereocenters. The molecule has 0 aromatic carbocycles. The van der Waals surface area contributed by atoms with Crippen molar-refractivity contribution >= 4 is 32.9 Å². The number of thiocarbonyl (C=S) groups is 1. The van der Waals surface area contributed by atoms with Gasteiger partial charge in [-0.1, -0.05) is 12.2 Å². The maximum atomic E-state index is 12.0. The van der Waals surface area contributed by atoms with E-state index in [1.54, 1.807) is 0 Å². The zero-order valence-electron chi connectivity index (χ0n) is 9.52. The van der Waals surface area contributed by atoms with Crippen molar-refractivity contribution in [2.45, 2.75) is 4.90 Å². The fourth-order valence-corrected chi connectivity index (χ4v) is 2.34. The standard InChI is InChI=1S/C10H9N5O2S2/c11-10(18)9-2-1-8(5-14-9)19(16,17)15-7-3-12-6-13-4-7/h1-6,15H,(H2,11,18). The maximum absolute atomic E-state index is 12.0. The Morgan fingerprint density at radius 3 is 2.42 bits per heavy atom. The number of anilines is 1. The summed E-state index contributed by atoms with van der Waals surface area (Å²) in [5, 5.41) is 0. The lowest BCUT2D eigenvalue weighted by Crippen LogP contribution is -2.15. The number of pyridine rings is 1. The predicted octanol–water partition coefficient (Wildman–Crippen LogP) is 0.307. The van der Waals surface area contributed by atoms with E-state index in [4.69, 9.17) is 18.0 Å². The lowest BCUT2D eigenvalue weighted by molar-refractivity contribution is 0.600. The zero-order chi connectivity index (χ0) is 13.9. The van der Waals surface area contributed by atoms with Gasteiger partial charge in [-0.25, -0.2) is 18.4 Å². The number of aromatic nitrogens is 3. The van der Waals surface area contributed by atoms with Gasteiger partial charge in [0.15, 0.2) is 0 Å². The summed E-state index contributed by atoms with van der Waals surface area (Å²) in [7, 11) is -3.73. The van der Waals surface area contributed by atoms with Crippen LogP contribution >= 0.6 is 12.2 Å². The summed E-state index contributed by atoms with van der Waals surface area (Å²) in [4.78, 5) is 11.4. The third kappa shape index (κ3) is 3.20. The van der Waals surface area contributed by atoms with Crippen molar-refractivity contribution in [3.05, 3.63) is 42.7 Å². The minimum atomic E-state index is -3.73. The maximum Gasteiger partial charge on any atom is 0.263 e. The largest absolute Gasteiger partial charge is 0.388 e. The average molecular weight is 295 g/mol. The molecule has 0 aliphatic rings. The number of nitrogens with one attached hydrogen (secondary N) is 1. The molecule has 2 aromatic heterocycles. The second kappa shape index (κ2) is 5.24. The molecule has 0 aliphatic heterocycles. The van der Waals surface area contributed by atoms with E-state index >= 15 is 0 Å². The van der Waals surface area contributed by atoms with Crippen LogP contribution in [0.2, 0.25) is 0 Å². The highest BCUT2D eigenvalue weighted by Gasteiger charge is 2.15. The van der Waals surface area contributed by atoms with Gasteiger partial charge in [0, 0.05) is 6.20 Å². The van der Waals surface area contributed by atoms with Crippen molar-refractivity contribution in [1.82, 2.24) is 15.0 Å². The first kappa shape index (κ1) is 13.3. The van der Waals surface area contributed by atoms with E-state index in [9.17, 15) is 8.42 Å². The van der Waals surface area contributed by atoms with Gasteiger partial charge in [0.05, 0.1) is 23.8 Å². The van der Waals surface area contributed by atoms with Gasteiger partial charge < -0.3 is 5.73 Å². The first-order chi connectivity index (χ1) is 8.99. The molecule has 2 heterocycles. The van der Waals surface area contributed by atoms with Crippen molar-refractivity contribution in [2.75, 3.05) is 4.72 Å². The molecule has 0 fully saturated rings. The van der Waals surface area contributed by atoms with E-state index < -0.39 is 10.0 Å². The summed E-state index contributed by atoms with van der Waals surface area (Å²) in [6, 6.07) is 2.81. The lowest BCUT2D eigenvalue weighted by atomic mass is 10.3. The predicted molar refractivity (Wildman–Crippen MR) is 73.0 cm³/mol.